The Kier molecular flexibility index (Phi) is 9.99. The minimum atomic E-state index is -0.511. The SMILES string of the molecule is CN=C(NCCc1c(F)cccc1F)NCC(C)(C)SC.I. The maximum absolute atomic E-state index is 13.5. The molecule has 0 aromatic heterocycles. The molecule has 0 unspecified atom stereocenters. The Hall–Kier alpha value is -0.570. The molecule has 0 aliphatic carbocycles. The fourth-order valence-electron chi connectivity index (χ4n) is 1.67. The number of aliphatic imine (C=N–C) groups is 1. The zero-order chi connectivity index (χ0) is 15.9. The van der Waals surface area contributed by atoms with Crippen LogP contribution < -0.4 is 10.6 Å². The van der Waals surface area contributed by atoms with Crippen molar-refractivity contribution in [2.45, 2.75) is 25.0 Å². The molecule has 3 nitrogen and oxygen atoms in total. The number of hydrogen-bond acceptors (Lipinski definition) is 2. The van der Waals surface area contributed by atoms with E-state index in [-0.39, 0.29) is 40.7 Å². The molecule has 7 heteroatoms. The van der Waals surface area contributed by atoms with Crippen molar-refractivity contribution in [2.24, 2.45) is 4.99 Å². The van der Waals surface area contributed by atoms with Gasteiger partial charge in [-0.1, -0.05) is 6.07 Å². The van der Waals surface area contributed by atoms with Crippen LogP contribution in [0.3, 0.4) is 0 Å². The Morgan fingerprint density at radius 3 is 2.32 bits per heavy atom. The topological polar surface area (TPSA) is 36.4 Å². The Bertz CT molecular complexity index is 475. The largest absolute Gasteiger partial charge is 0.356 e. The molecule has 0 heterocycles. The van der Waals surface area contributed by atoms with E-state index in [1.165, 1.54) is 18.2 Å². The van der Waals surface area contributed by atoms with E-state index in [0.29, 0.717) is 12.5 Å². The normalized spacial score (nSPS) is 11.8. The van der Waals surface area contributed by atoms with Crippen LogP contribution in [0.5, 0.6) is 0 Å². The standard InChI is InChI=1S/C15H23F2N3S.HI/c1-15(2,21-4)10-20-14(18-3)19-9-8-11-12(16)6-5-7-13(11)17;/h5-7H,8-10H2,1-4H3,(H2,18,19,20);1H. The lowest BCUT2D eigenvalue weighted by Crippen LogP contribution is -2.43. The third-order valence-corrected chi connectivity index (χ3v) is 4.44. The lowest BCUT2D eigenvalue weighted by molar-refractivity contribution is 0.552. The van der Waals surface area contributed by atoms with Crippen LogP contribution in [-0.4, -0.2) is 37.1 Å². The zero-order valence-corrected chi connectivity index (χ0v) is 16.5. The molecule has 1 rings (SSSR count). The number of thioether (sulfide) groups is 1. The van der Waals surface area contributed by atoms with Crippen LogP contribution in [0.15, 0.2) is 23.2 Å². The van der Waals surface area contributed by atoms with Gasteiger partial charge in [0.1, 0.15) is 11.6 Å². The first-order chi connectivity index (χ1) is 9.89. The van der Waals surface area contributed by atoms with Gasteiger partial charge in [0, 0.05) is 30.4 Å². The fourth-order valence-corrected chi connectivity index (χ4v) is 1.88. The van der Waals surface area contributed by atoms with E-state index in [1.54, 1.807) is 18.8 Å². The average molecular weight is 443 g/mol. The van der Waals surface area contributed by atoms with Crippen molar-refractivity contribution in [3.8, 4) is 0 Å². The molecule has 0 aliphatic heterocycles. The summed E-state index contributed by atoms with van der Waals surface area (Å²) in [7, 11) is 1.67. The summed E-state index contributed by atoms with van der Waals surface area (Å²) in [6.07, 6.45) is 2.32. The van der Waals surface area contributed by atoms with Gasteiger partial charge in [0.15, 0.2) is 5.96 Å². The summed E-state index contributed by atoms with van der Waals surface area (Å²) >= 11 is 1.76. The van der Waals surface area contributed by atoms with Gasteiger partial charge in [-0.25, -0.2) is 8.78 Å². The number of nitrogens with zero attached hydrogens (tertiary/aromatic N) is 1. The van der Waals surface area contributed by atoms with Gasteiger partial charge in [-0.15, -0.1) is 24.0 Å². The molecule has 1 aromatic carbocycles. The van der Waals surface area contributed by atoms with Crippen molar-refractivity contribution in [2.75, 3.05) is 26.4 Å². The van der Waals surface area contributed by atoms with Crippen molar-refractivity contribution < 1.29 is 8.78 Å². The van der Waals surface area contributed by atoms with Gasteiger partial charge in [0.25, 0.3) is 0 Å². The van der Waals surface area contributed by atoms with Crippen molar-refractivity contribution in [1.29, 1.82) is 0 Å². The molecule has 126 valence electrons. The molecule has 1 aromatic rings. The molecule has 0 fully saturated rings. The number of halogens is 3. The summed E-state index contributed by atoms with van der Waals surface area (Å²) in [6.45, 7) is 5.43. The summed E-state index contributed by atoms with van der Waals surface area (Å²) in [5.41, 5.74) is 0.102. The molecular formula is C15H24F2IN3S. The summed E-state index contributed by atoms with van der Waals surface area (Å²) in [5, 5.41) is 6.27. The third-order valence-electron chi connectivity index (χ3n) is 3.19. The molecule has 0 amide bonds. The van der Waals surface area contributed by atoms with E-state index in [9.17, 15) is 8.78 Å². The van der Waals surface area contributed by atoms with Gasteiger partial charge in [0.2, 0.25) is 0 Å². The minimum absolute atomic E-state index is 0. The van der Waals surface area contributed by atoms with E-state index < -0.39 is 11.6 Å². The Morgan fingerprint density at radius 2 is 1.82 bits per heavy atom. The molecule has 0 saturated carbocycles. The molecule has 0 spiro atoms. The Balaban J connectivity index is 0.00000441. The number of guanidine groups is 1. The van der Waals surface area contributed by atoms with E-state index in [1.807, 2.05) is 0 Å². The molecule has 0 bridgehead atoms. The summed E-state index contributed by atoms with van der Waals surface area (Å²) < 4.78 is 27.1. The van der Waals surface area contributed by atoms with Gasteiger partial charge in [-0.2, -0.15) is 11.8 Å². The Labute approximate surface area is 152 Å². The maximum atomic E-state index is 13.5. The molecule has 0 atom stereocenters. The van der Waals surface area contributed by atoms with Crippen molar-refractivity contribution in [1.82, 2.24) is 10.6 Å². The van der Waals surface area contributed by atoms with Gasteiger partial charge in [0.05, 0.1) is 0 Å². The van der Waals surface area contributed by atoms with E-state index in [2.05, 4.69) is 35.7 Å². The molecule has 0 aliphatic rings. The lowest BCUT2D eigenvalue weighted by atomic mass is 10.1. The second kappa shape index (κ2) is 10.3. The number of nitrogens with one attached hydrogen (secondary N) is 2. The predicted octanol–water partition coefficient (Wildman–Crippen LogP) is 3.43. The smallest absolute Gasteiger partial charge is 0.191 e. The van der Waals surface area contributed by atoms with Crippen LogP contribution in [0, 0.1) is 11.6 Å². The summed E-state index contributed by atoms with van der Waals surface area (Å²) in [6, 6.07) is 3.91. The Morgan fingerprint density at radius 1 is 1.23 bits per heavy atom. The number of benzene rings is 1. The number of hydrogen-bond donors (Lipinski definition) is 2. The first-order valence-corrected chi connectivity index (χ1v) is 8.04. The highest BCUT2D eigenvalue weighted by Gasteiger charge is 2.16. The average Bonchev–Trinajstić information content (AvgIpc) is 2.45. The van der Waals surface area contributed by atoms with Gasteiger partial charge in [-0.3, -0.25) is 4.99 Å². The van der Waals surface area contributed by atoms with E-state index in [4.69, 9.17) is 0 Å². The van der Waals surface area contributed by atoms with Crippen LogP contribution in [0.4, 0.5) is 8.78 Å². The van der Waals surface area contributed by atoms with Crippen LogP contribution >= 0.6 is 35.7 Å². The molecule has 2 N–H and O–H groups in total. The highest BCUT2D eigenvalue weighted by molar-refractivity contribution is 14.0. The van der Waals surface area contributed by atoms with Crippen molar-refractivity contribution >= 4 is 41.7 Å². The highest BCUT2D eigenvalue weighted by Crippen LogP contribution is 2.19. The quantitative estimate of drug-likeness (QED) is 0.402. The highest BCUT2D eigenvalue weighted by atomic mass is 127. The second-order valence-electron chi connectivity index (χ2n) is 5.27. The number of rotatable bonds is 6. The molecule has 0 radical (unpaired) electrons. The second-order valence-corrected chi connectivity index (χ2v) is 6.78. The molecule has 22 heavy (non-hydrogen) atoms. The molecule has 0 saturated heterocycles. The first kappa shape index (κ1) is 21.4. The van der Waals surface area contributed by atoms with Crippen molar-refractivity contribution in [3.63, 3.8) is 0 Å². The lowest BCUT2D eigenvalue weighted by Gasteiger charge is -2.23. The zero-order valence-electron chi connectivity index (χ0n) is 13.4. The monoisotopic (exact) mass is 443 g/mol. The van der Waals surface area contributed by atoms with E-state index in [0.717, 1.165) is 6.54 Å². The van der Waals surface area contributed by atoms with Gasteiger partial charge >= 0.3 is 0 Å². The minimum Gasteiger partial charge on any atom is -0.356 e. The van der Waals surface area contributed by atoms with Gasteiger partial charge < -0.3 is 10.6 Å². The van der Waals surface area contributed by atoms with Crippen LogP contribution in [-0.2, 0) is 6.42 Å². The predicted molar refractivity (Wildman–Crippen MR) is 102 cm³/mol. The third kappa shape index (κ3) is 7.13. The first-order valence-electron chi connectivity index (χ1n) is 6.82. The van der Waals surface area contributed by atoms with Crippen molar-refractivity contribution in [3.05, 3.63) is 35.4 Å². The van der Waals surface area contributed by atoms with E-state index >= 15 is 0 Å². The summed E-state index contributed by atoms with van der Waals surface area (Å²) in [5.74, 6) is -0.389. The van der Waals surface area contributed by atoms with Gasteiger partial charge in [-0.05, 0) is 38.7 Å². The summed E-state index contributed by atoms with van der Waals surface area (Å²) in [4.78, 5) is 4.10. The van der Waals surface area contributed by atoms with Crippen LogP contribution in [0.25, 0.3) is 0 Å². The fraction of sp³-hybridized carbons (Fsp3) is 0.533. The van der Waals surface area contributed by atoms with Crippen LogP contribution in [0.1, 0.15) is 19.4 Å². The molecular weight excluding hydrogens is 419 g/mol. The van der Waals surface area contributed by atoms with Crippen LogP contribution in [0.2, 0.25) is 0 Å². The maximum Gasteiger partial charge on any atom is 0.191 e.